The number of hydrogen-bond donors (Lipinski definition) is 2. The van der Waals surface area contributed by atoms with E-state index in [1.807, 2.05) is 6.92 Å². The number of aryl methyl sites for hydroxylation is 2. The molecule has 2 aromatic rings. The lowest BCUT2D eigenvalue weighted by Crippen LogP contribution is -2.32. The molecule has 1 unspecified atom stereocenters. The van der Waals surface area contributed by atoms with Gasteiger partial charge in [0.15, 0.2) is 0 Å². The van der Waals surface area contributed by atoms with Crippen molar-refractivity contribution in [3.8, 4) is 0 Å². The zero-order valence-electron chi connectivity index (χ0n) is 12.5. The van der Waals surface area contributed by atoms with Crippen molar-refractivity contribution >= 4 is 29.1 Å². The van der Waals surface area contributed by atoms with E-state index < -0.39 is 6.04 Å². The molecule has 0 aliphatic heterocycles. The standard InChI is InChI=1S/C15H17Cl2N3O2/c1-8-13(9(2)20(3)19-8)15(22)18-12(7-21)14-10(16)5-4-6-11(14)17/h4-6,12,21H,7H2,1-3H3,(H,18,22). The lowest BCUT2D eigenvalue weighted by atomic mass is 10.1. The van der Waals surface area contributed by atoms with Gasteiger partial charge in [0.05, 0.1) is 23.9 Å². The Balaban J connectivity index is 2.33. The number of hydrogen-bond acceptors (Lipinski definition) is 3. The molecule has 0 saturated heterocycles. The number of carbonyl (C=O) groups excluding carboxylic acids is 1. The van der Waals surface area contributed by atoms with Crippen LogP contribution < -0.4 is 5.32 Å². The molecule has 1 amide bonds. The summed E-state index contributed by atoms with van der Waals surface area (Å²) in [6.45, 7) is 3.26. The Bertz CT molecular complexity index is 693. The topological polar surface area (TPSA) is 67.2 Å². The van der Waals surface area contributed by atoms with Crippen LogP contribution in [0.15, 0.2) is 18.2 Å². The zero-order chi connectivity index (χ0) is 16.4. The number of amides is 1. The van der Waals surface area contributed by atoms with E-state index in [0.29, 0.717) is 26.9 Å². The van der Waals surface area contributed by atoms with Crippen molar-refractivity contribution in [2.75, 3.05) is 6.61 Å². The van der Waals surface area contributed by atoms with Crippen molar-refractivity contribution in [3.05, 3.63) is 50.8 Å². The minimum absolute atomic E-state index is 0.312. The number of carbonyl (C=O) groups is 1. The van der Waals surface area contributed by atoms with Gasteiger partial charge in [0.25, 0.3) is 5.91 Å². The second kappa shape index (κ2) is 6.69. The summed E-state index contributed by atoms with van der Waals surface area (Å²) in [5.41, 5.74) is 2.36. The first-order valence-electron chi connectivity index (χ1n) is 6.72. The Kier molecular flexibility index (Phi) is 5.11. The lowest BCUT2D eigenvalue weighted by molar-refractivity contribution is 0.0915. The Hall–Kier alpha value is -1.56. The van der Waals surface area contributed by atoms with Gasteiger partial charge in [0.1, 0.15) is 0 Å². The summed E-state index contributed by atoms with van der Waals surface area (Å²) in [6.07, 6.45) is 0. The normalized spacial score (nSPS) is 12.3. The molecule has 0 spiro atoms. The van der Waals surface area contributed by atoms with Crippen molar-refractivity contribution in [1.82, 2.24) is 15.1 Å². The van der Waals surface area contributed by atoms with Crippen LogP contribution >= 0.6 is 23.2 Å². The zero-order valence-corrected chi connectivity index (χ0v) is 14.0. The number of nitrogens with one attached hydrogen (secondary N) is 1. The first-order chi connectivity index (χ1) is 10.4. The molecule has 0 aliphatic carbocycles. The van der Waals surface area contributed by atoms with Gasteiger partial charge in [-0.25, -0.2) is 0 Å². The van der Waals surface area contributed by atoms with Gasteiger partial charge < -0.3 is 10.4 Å². The third kappa shape index (κ3) is 3.11. The molecule has 1 aromatic carbocycles. The van der Waals surface area contributed by atoms with Crippen LogP contribution in [0.5, 0.6) is 0 Å². The van der Waals surface area contributed by atoms with E-state index in [0.717, 1.165) is 5.69 Å². The van der Waals surface area contributed by atoms with Crippen molar-refractivity contribution < 1.29 is 9.90 Å². The van der Waals surface area contributed by atoms with Gasteiger partial charge in [-0.1, -0.05) is 29.3 Å². The molecule has 7 heteroatoms. The third-order valence-corrected chi connectivity index (χ3v) is 4.23. The van der Waals surface area contributed by atoms with Gasteiger partial charge in [-0.3, -0.25) is 9.48 Å². The summed E-state index contributed by atoms with van der Waals surface area (Å²) < 4.78 is 1.64. The van der Waals surface area contributed by atoms with Crippen molar-refractivity contribution in [2.45, 2.75) is 19.9 Å². The van der Waals surface area contributed by atoms with Crippen LogP contribution in [0.4, 0.5) is 0 Å². The quantitative estimate of drug-likeness (QED) is 0.898. The summed E-state index contributed by atoms with van der Waals surface area (Å²) in [5, 5.41) is 17.4. The Morgan fingerprint density at radius 3 is 2.41 bits per heavy atom. The fourth-order valence-electron chi connectivity index (χ4n) is 2.39. The largest absolute Gasteiger partial charge is 0.394 e. The van der Waals surface area contributed by atoms with E-state index in [1.54, 1.807) is 36.9 Å². The number of aliphatic hydroxyl groups is 1. The van der Waals surface area contributed by atoms with Gasteiger partial charge in [-0.2, -0.15) is 5.10 Å². The molecular weight excluding hydrogens is 325 g/mol. The molecule has 0 fully saturated rings. The number of aliphatic hydroxyl groups excluding tert-OH is 1. The molecular formula is C15H17Cl2N3O2. The number of halogens is 2. The predicted octanol–water partition coefficient (Wildman–Crippen LogP) is 2.81. The van der Waals surface area contributed by atoms with Crippen LogP contribution in [0.2, 0.25) is 10.0 Å². The van der Waals surface area contributed by atoms with E-state index in [-0.39, 0.29) is 12.5 Å². The second-order valence-electron chi connectivity index (χ2n) is 5.01. The van der Waals surface area contributed by atoms with Crippen LogP contribution in [0, 0.1) is 13.8 Å². The number of nitrogens with zero attached hydrogens (tertiary/aromatic N) is 2. The van der Waals surface area contributed by atoms with Gasteiger partial charge >= 0.3 is 0 Å². The van der Waals surface area contributed by atoms with E-state index in [9.17, 15) is 9.90 Å². The third-order valence-electron chi connectivity index (χ3n) is 3.57. The van der Waals surface area contributed by atoms with E-state index >= 15 is 0 Å². The first-order valence-corrected chi connectivity index (χ1v) is 7.48. The molecule has 2 rings (SSSR count). The minimum atomic E-state index is -0.687. The number of rotatable bonds is 4. The fraction of sp³-hybridized carbons (Fsp3) is 0.333. The summed E-state index contributed by atoms with van der Waals surface area (Å²) >= 11 is 12.3. The molecule has 1 aromatic heterocycles. The highest BCUT2D eigenvalue weighted by Crippen LogP contribution is 2.30. The molecule has 22 heavy (non-hydrogen) atoms. The molecule has 0 aliphatic rings. The average Bonchev–Trinajstić information content (AvgIpc) is 2.70. The van der Waals surface area contributed by atoms with Crippen LogP contribution in [-0.4, -0.2) is 27.4 Å². The van der Waals surface area contributed by atoms with Gasteiger partial charge in [0, 0.05) is 28.4 Å². The minimum Gasteiger partial charge on any atom is -0.394 e. The highest BCUT2D eigenvalue weighted by atomic mass is 35.5. The summed E-state index contributed by atoms with van der Waals surface area (Å²) in [7, 11) is 1.77. The SMILES string of the molecule is Cc1nn(C)c(C)c1C(=O)NC(CO)c1c(Cl)cccc1Cl. The second-order valence-corrected chi connectivity index (χ2v) is 5.83. The summed E-state index contributed by atoms with van der Waals surface area (Å²) in [5.74, 6) is -0.321. The predicted molar refractivity (Wildman–Crippen MR) is 86.4 cm³/mol. The van der Waals surface area contributed by atoms with Crippen molar-refractivity contribution in [1.29, 1.82) is 0 Å². The van der Waals surface area contributed by atoms with Crippen LogP contribution in [0.25, 0.3) is 0 Å². The van der Waals surface area contributed by atoms with E-state index in [4.69, 9.17) is 23.2 Å². The fourth-order valence-corrected chi connectivity index (χ4v) is 3.05. The monoisotopic (exact) mass is 341 g/mol. The maximum Gasteiger partial charge on any atom is 0.255 e. The first kappa shape index (κ1) is 16.8. The highest BCUT2D eigenvalue weighted by molar-refractivity contribution is 6.36. The Morgan fingerprint density at radius 2 is 1.95 bits per heavy atom. The number of aromatic nitrogens is 2. The summed E-state index contributed by atoms with van der Waals surface area (Å²) in [4.78, 5) is 12.5. The maximum absolute atomic E-state index is 12.5. The van der Waals surface area contributed by atoms with Crippen LogP contribution in [0.3, 0.4) is 0 Å². The van der Waals surface area contributed by atoms with Crippen LogP contribution in [0.1, 0.15) is 33.4 Å². The lowest BCUT2D eigenvalue weighted by Gasteiger charge is -2.19. The van der Waals surface area contributed by atoms with Gasteiger partial charge in [-0.15, -0.1) is 0 Å². The molecule has 0 bridgehead atoms. The Morgan fingerprint density at radius 1 is 1.36 bits per heavy atom. The molecule has 0 radical (unpaired) electrons. The van der Waals surface area contributed by atoms with Gasteiger partial charge in [-0.05, 0) is 26.0 Å². The van der Waals surface area contributed by atoms with Gasteiger partial charge in [0.2, 0.25) is 0 Å². The average molecular weight is 342 g/mol. The van der Waals surface area contributed by atoms with Crippen molar-refractivity contribution in [3.63, 3.8) is 0 Å². The van der Waals surface area contributed by atoms with Crippen LogP contribution in [-0.2, 0) is 7.05 Å². The maximum atomic E-state index is 12.5. The van der Waals surface area contributed by atoms with E-state index in [1.165, 1.54) is 0 Å². The van der Waals surface area contributed by atoms with Crippen molar-refractivity contribution in [2.24, 2.45) is 7.05 Å². The molecule has 1 heterocycles. The molecule has 1 atom stereocenters. The smallest absolute Gasteiger partial charge is 0.255 e. The molecule has 0 saturated carbocycles. The highest BCUT2D eigenvalue weighted by Gasteiger charge is 2.23. The van der Waals surface area contributed by atoms with E-state index in [2.05, 4.69) is 10.4 Å². The molecule has 5 nitrogen and oxygen atoms in total. The summed E-state index contributed by atoms with van der Waals surface area (Å²) in [6, 6.07) is 4.35. The Labute approximate surface area is 138 Å². The molecule has 2 N–H and O–H groups in total. The molecule has 118 valence electrons. The number of benzene rings is 1.